The largest absolute Gasteiger partial charge is 0.485 e. The maximum Gasteiger partial charge on any atom is 0.205 e. The van der Waals surface area contributed by atoms with Gasteiger partial charge in [-0.2, -0.15) is 10.3 Å². The minimum absolute atomic E-state index is 0.226. The van der Waals surface area contributed by atoms with Crippen molar-refractivity contribution < 1.29 is 14.3 Å². The van der Waals surface area contributed by atoms with Crippen LogP contribution in [0.1, 0.15) is 52.4 Å². The number of H-pyrrole nitrogens is 1. The van der Waals surface area contributed by atoms with Crippen molar-refractivity contribution in [3.63, 3.8) is 0 Å². The van der Waals surface area contributed by atoms with Crippen LogP contribution in [0.4, 0.5) is 11.5 Å². The number of tetrazole rings is 1. The van der Waals surface area contributed by atoms with E-state index in [1.165, 1.54) is 0 Å². The maximum atomic E-state index is 14.6. The molecule has 0 unspecified atom stereocenters. The van der Waals surface area contributed by atoms with E-state index in [9.17, 15) is 9.59 Å². The average Bonchev–Trinajstić information content (AvgIpc) is 3.33. The predicted molar refractivity (Wildman–Crippen MR) is 154 cm³/mol. The van der Waals surface area contributed by atoms with Crippen LogP contribution in [0.15, 0.2) is 54.9 Å². The molecule has 8 rings (SSSR count). The summed E-state index contributed by atoms with van der Waals surface area (Å²) in [6.07, 6.45) is 7.03. The van der Waals surface area contributed by atoms with E-state index in [0.717, 1.165) is 29.6 Å². The van der Waals surface area contributed by atoms with E-state index in [-0.39, 0.29) is 11.6 Å². The summed E-state index contributed by atoms with van der Waals surface area (Å²) in [5, 5.41) is 26.5. The summed E-state index contributed by atoms with van der Waals surface area (Å²) in [5.74, 6) is 0.208. The number of nitrogens with one attached hydrogen (secondary N) is 3. The molecule has 212 valence electrons. The summed E-state index contributed by atoms with van der Waals surface area (Å²) in [6, 6.07) is 13.5. The van der Waals surface area contributed by atoms with Gasteiger partial charge in [-0.3, -0.25) is 14.3 Å². The molecule has 1 spiro atoms. The first-order chi connectivity index (χ1) is 20.5. The molecule has 3 N–H and O–H groups in total. The SMILES string of the molecule is Cn1nccc1Nc1ccc2c(c1)C(=O)[C@@H](C(=O)c1cc(-c3nn[nH]n3)c3ccn(C4CC4)c3c1)C1(CCNCC1)O2. The Morgan fingerprint density at radius 3 is 2.69 bits per heavy atom. The van der Waals surface area contributed by atoms with Crippen molar-refractivity contribution in [2.24, 2.45) is 13.0 Å². The Labute approximate surface area is 240 Å². The third kappa shape index (κ3) is 3.93. The second-order valence-electron chi connectivity index (χ2n) is 11.4. The highest BCUT2D eigenvalue weighted by Gasteiger charge is 2.54. The van der Waals surface area contributed by atoms with Gasteiger partial charge in [0.1, 0.15) is 23.1 Å². The molecule has 5 aromatic rings. The van der Waals surface area contributed by atoms with Gasteiger partial charge in [-0.15, -0.1) is 10.2 Å². The Balaban J connectivity index is 1.24. The molecular formula is C30H29N9O3. The fourth-order valence-electron chi connectivity index (χ4n) is 6.51. The number of carbonyl (C=O) groups excluding carboxylic acids is 2. The van der Waals surface area contributed by atoms with Crippen molar-refractivity contribution in [2.75, 3.05) is 18.4 Å². The van der Waals surface area contributed by atoms with E-state index < -0.39 is 11.5 Å². The standard InChI is InChI=1S/C30H29N9O3/c1-38-25(6-10-32-38)33-18-2-5-24-22(16-18)28(41)26(30(42-24)8-11-31-12-9-30)27(40)17-14-21(29-34-36-37-35-29)20-7-13-39(19-3-4-19)23(20)15-17/h2,5-7,10,13-16,19,26,31,33H,3-4,8-9,11-12H2,1H3,(H,34,35,36,37)/t26-/m1/s1. The van der Waals surface area contributed by atoms with Crippen LogP contribution in [0.2, 0.25) is 0 Å². The Hall–Kier alpha value is -4.84. The number of Topliss-reactive ketones (excluding diaryl/α,β-unsaturated/α-hetero) is 2. The molecule has 1 aliphatic carbocycles. The number of ketones is 2. The molecule has 42 heavy (non-hydrogen) atoms. The summed E-state index contributed by atoms with van der Waals surface area (Å²) in [6.45, 7) is 1.31. The summed E-state index contributed by atoms with van der Waals surface area (Å²) in [5.41, 5.74) is 2.24. The van der Waals surface area contributed by atoms with Gasteiger partial charge in [-0.25, -0.2) is 0 Å². The number of aromatic nitrogens is 7. The second kappa shape index (κ2) is 9.35. The number of anilines is 2. The second-order valence-corrected chi connectivity index (χ2v) is 11.4. The number of aromatic amines is 1. The van der Waals surface area contributed by atoms with Crippen molar-refractivity contribution in [1.29, 1.82) is 0 Å². The third-order valence-electron chi connectivity index (χ3n) is 8.80. The number of rotatable bonds is 6. The third-order valence-corrected chi connectivity index (χ3v) is 8.80. The lowest BCUT2D eigenvalue weighted by molar-refractivity contribution is -0.0138. The first-order valence-electron chi connectivity index (χ1n) is 14.3. The number of hydrogen-bond acceptors (Lipinski definition) is 9. The van der Waals surface area contributed by atoms with Crippen LogP contribution in [0.25, 0.3) is 22.3 Å². The Morgan fingerprint density at radius 1 is 1.10 bits per heavy atom. The zero-order valence-electron chi connectivity index (χ0n) is 23.0. The number of nitrogens with zero attached hydrogens (tertiary/aromatic N) is 6. The fourth-order valence-corrected chi connectivity index (χ4v) is 6.51. The lowest BCUT2D eigenvalue weighted by atomic mass is 9.70. The van der Waals surface area contributed by atoms with Crippen molar-refractivity contribution >= 4 is 34.0 Å². The highest BCUT2D eigenvalue weighted by Crippen LogP contribution is 2.45. The van der Waals surface area contributed by atoms with Crippen LogP contribution < -0.4 is 15.4 Å². The quantitative estimate of drug-likeness (QED) is 0.207. The van der Waals surface area contributed by atoms with E-state index in [1.54, 1.807) is 23.0 Å². The Bertz CT molecular complexity index is 1840. The normalized spacial score (nSPS) is 19.5. The average molecular weight is 564 g/mol. The maximum absolute atomic E-state index is 14.6. The molecule has 3 aliphatic rings. The van der Waals surface area contributed by atoms with Crippen molar-refractivity contribution in [2.45, 2.75) is 37.3 Å². The van der Waals surface area contributed by atoms with Crippen LogP contribution in [0.5, 0.6) is 5.75 Å². The lowest BCUT2D eigenvalue weighted by Gasteiger charge is -2.45. The van der Waals surface area contributed by atoms with Gasteiger partial charge >= 0.3 is 0 Å². The van der Waals surface area contributed by atoms with Gasteiger partial charge < -0.3 is 19.9 Å². The number of piperidine rings is 1. The van der Waals surface area contributed by atoms with Gasteiger partial charge in [0.25, 0.3) is 0 Å². The van der Waals surface area contributed by atoms with Gasteiger partial charge in [-0.1, -0.05) is 0 Å². The molecule has 5 heterocycles. The van der Waals surface area contributed by atoms with Crippen LogP contribution in [0.3, 0.4) is 0 Å². The van der Waals surface area contributed by atoms with Crippen LogP contribution >= 0.6 is 0 Å². The highest BCUT2D eigenvalue weighted by atomic mass is 16.5. The van der Waals surface area contributed by atoms with E-state index in [1.807, 2.05) is 37.4 Å². The Kier molecular flexibility index (Phi) is 5.54. The zero-order valence-corrected chi connectivity index (χ0v) is 23.0. The molecule has 12 nitrogen and oxygen atoms in total. The van der Waals surface area contributed by atoms with Gasteiger partial charge in [0, 0.05) is 65.9 Å². The molecule has 12 heteroatoms. The molecule has 0 bridgehead atoms. The Morgan fingerprint density at radius 2 is 1.95 bits per heavy atom. The molecule has 2 aliphatic heterocycles. The van der Waals surface area contributed by atoms with Crippen LogP contribution in [0, 0.1) is 5.92 Å². The number of hydrogen-bond donors (Lipinski definition) is 3. The van der Waals surface area contributed by atoms with Gasteiger partial charge in [0.2, 0.25) is 5.82 Å². The molecule has 1 saturated carbocycles. The minimum Gasteiger partial charge on any atom is -0.485 e. The molecule has 2 fully saturated rings. The van der Waals surface area contributed by atoms with Gasteiger partial charge in [0.15, 0.2) is 11.6 Å². The van der Waals surface area contributed by atoms with E-state index in [4.69, 9.17) is 4.74 Å². The molecule has 3 aromatic heterocycles. The fraction of sp³-hybridized carbons (Fsp3) is 0.333. The number of carbonyl (C=O) groups is 2. The number of benzene rings is 2. The first kappa shape index (κ1) is 24.9. The van der Waals surface area contributed by atoms with Crippen LogP contribution in [-0.4, -0.2) is 65.2 Å². The topological polar surface area (TPSA) is 145 Å². The molecular weight excluding hydrogens is 534 g/mol. The smallest absolute Gasteiger partial charge is 0.205 e. The van der Waals surface area contributed by atoms with Crippen LogP contribution in [-0.2, 0) is 7.05 Å². The first-order valence-corrected chi connectivity index (χ1v) is 14.3. The highest BCUT2D eigenvalue weighted by molar-refractivity contribution is 6.20. The lowest BCUT2D eigenvalue weighted by Crippen LogP contribution is -2.58. The summed E-state index contributed by atoms with van der Waals surface area (Å²) in [4.78, 5) is 29.1. The van der Waals surface area contributed by atoms with Gasteiger partial charge in [-0.05, 0) is 67.5 Å². The summed E-state index contributed by atoms with van der Waals surface area (Å²) in [7, 11) is 1.84. The number of ether oxygens (including phenoxy) is 1. The van der Waals surface area contributed by atoms with Crippen molar-refractivity contribution in [3.8, 4) is 17.1 Å². The summed E-state index contributed by atoms with van der Waals surface area (Å²) >= 11 is 0. The molecule has 0 amide bonds. The molecule has 0 radical (unpaired) electrons. The van der Waals surface area contributed by atoms with E-state index in [2.05, 4.69) is 47.1 Å². The number of fused-ring (bicyclic) bond motifs is 2. The monoisotopic (exact) mass is 563 g/mol. The predicted octanol–water partition coefficient (Wildman–Crippen LogP) is 3.83. The molecule has 1 atom stereocenters. The van der Waals surface area contributed by atoms with Gasteiger partial charge in [0.05, 0.1) is 11.8 Å². The molecule has 1 saturated heterocycles. The van der Waals surface area contributed by atoms with E-state index in [0.29, 0.717) is 65.9 Å². The van der Waals surface area contributed by atoms with E-state index >= 15 is 0 Å². The molecule has 2 aromatic carbocycles. The minimum atomic E-state index is -1.00. The van der Waals surface area contributed by atoms with Crippen molar-refractivity contribution in [1.82, 2.24) is 40.3 Å². The zero-order chi connectivity index (χ0) is 28.4. The summed E-state index contributed by atoms with van der Waals surface area (Å²) < 4.78 is 10.6. The number of aryl methyl sites for hydroxylation is 1. The van der Waals surface area contributed by atoms with Crippen molar-refractivity contribution in [3.05, 3.63) is 66.0 Å².